The lowest BCUT2D eigenvalue weighted by atomic mass is 9.85. The first-order valence-corrected chi connectivity index (χ1v) is 6.73. The van der Waals surface area contributed by atoms with Crippen molar-refractivity contribution >= 4 is 0 Å². The molecular formula is C16H22O2. The Morgan fingerprint density at radius 2 is 2.11 bits per heavy atom. The average Bonchev–Trinajstić information content (AvgIpc) is 2.28. The lowest BCUT2D eigenvalue weighted by Crippen LogP contribution is -2.10. The van der Waals surface area contributed by atoms with Crippen LogP contribution < -0.4 is 4.74 Å². The largest absolute Gasteiger partial charge is 0.508 e. The Morgan fingerprint density at radius 1 is 1.33 bits per heavy atom. The molecule has 2 rings (SSSR count). The summed E-state index contributed by atoms with van der Waals surface area (Å²) in [5.41, 5.74) is 2.36. The van der Waals surface area contributed by atoms with Gasteiger partial charge in [-0.1, -0.05) is 17.7 Å². The second-order valence-electron chi connectivity index (χ2n) is 5.37. The Balaban J connectivity index is 2.38. The molecule has 0 spiro atoms. The molecule has 1 aliphatic rings. The number of hydrogen-bond acceptors (Lipinski definition) is 2. The molecule has 1 aromatic carbocycles. The quantitative estimate of drug-likeness (QED) is 0.801. The van der Waals surface area contributed by atoms with Gasteiger partial charge in [0.05, 0.1) is 6.10 Å². The van der Waals surface area contributed by atoms with Crippen molar-refractivity contribution in [1.82, 2.24) is 0 Å². The first-order chi connectivity index (χ1) is 8.58. The van der Waals surface area contributed by atoms with Gasteiger partial charge in [0, 0.05) is 11.5 Å². The minimum Gasteiger partial charge on any atom is -0.508 e. The van der Waals surface area contributed by atoms with Crippen LogP contribution in [0.15, 0.2) is 29.8 Å². The van der Waals surface area contributed by atoms with Gasteiger partial charge in [0.15, 0.2) is 0 Å². The van der Waals surface area contributed by atoms with E-state index < -0.39 is 0 Å². The van der Waals surface area contributed by atoms with E-state index in [0.717, 1.165) is 17.7 Å². The first kappa shape index (κ1) is 13.0. The highest BCUT2D eigenvalue weighted by Gasteiger charge is 2.21. The molecule has 1 N–H and O–H groups in total. The Hall–Kier alpha value is -1.44. The lowest BCUT2D eigenvalue weighted by molar-refractivity contribution is 0.237. The molecule has 0 fully saturated rings. The van der Waals surface area contributed by atoms with Gasteiger partial charge in [-0.3, -0.25) is 0 Å². The number of hydrogen-bond donors (Lipinski definition) is 1. The monoisotopic (exact) mass is 246 g/mol. The van der Waals surface area contributed by atoms with Gasteiger partial charge in [-0.25, -0.2) is 0 Å². The Kier molecular flexibility index (Phi) is 3.95. The van der Waals surface area contributed by atoms with Crippen molar-refractivity contribution in [1.29, 1.82) is 0 Å². The minimum atomic E-state index is 0.124. The first-order valence-electron chi connectivity index (χ1n) is 6.73. The fraction of sp³-hybridized carbons (Fsp3) is 0.500. The van der Waals surface area contributed by atoms with Crippen molar-refractivity contribution in [2.24, 2.45) is 0 Å². The standard InChI is InChI=1S/C16H22O2/c1-11(2)18-15-9-5-8-14(17)16(15)13-7-4-6-12(3)10-13/h5,8-11,13,17H,4,6-7H2,1-3H3. The lowest BCUT2D eigenvalue weighted by Gasteiger charge is -2.24. The minimum absolute atomic E-state index is 0.124. The van der Waals surface area contributed by atoms with Crippen LogP contribution in [-0.2, 0) is 0 Å². The fourth-order valence-corrected chi connectivity index (χ4v) is 2.60. The summed E-state index contributed by atoms with van der Waals surface area (Å²) in [5, 5.41) is 10.1. The molecule has 0 aromatic heterocycles. The van der Waals surface area contributed by atoms with Crippen LogP contribution in [0.5, 0.6) is 11.5 Å². The highest BCUT2D eigenvalue weighted by molar-refractivity contribution is 5.48. The van der Waals surface area contributed by atoms with E-state index in [1.165, 1.54) is 18.4 Å². The summed E-state index contributed by atoms with van der Waals surface area (Å²) in [7, 11) is 0. The summed E-state index contributed by atoms with van der Waals surface area (Å²) in [5.74, 6) is 1.46. The van der Waals surface area contributed by atoms with Gasteiger partial charge in [-0.2, -0.15) is 0 Å². The van der Waals surface area contributed by atoms with E-state index in [4.69, 9.17) is 4.74 Å². The van der Waals surface area contributed by atoms with Crippen molar-refractivity contribution in [3.8, 4) is 11.5 Å². The summed E-state index contributed by atoms with van der Waals surface area (Å²) in [6.45, 7) is 6.18. The van der Waals surface area contributed by atoms with Crippen LogP contribution in [0.25, 0.3) is 0 Å². The molecule has 0 saturated carbocycles. The molecule has 2 nitrogen and oxygen atoms in total. The highest BCUT2D eigenvalue weighted by atomic mass is 16.5. The third-order valence-corrected chi connectivity index (χ3v) is 3.35. The molecule has 1 atom stereocenters. The fourth-order valence-electron chi connectivity index (χ4n) is 2.60. The second kappa shape index (κ2) is 5.47. The molecule has 1 aromatic rings. The van der Waals surface area contributed by atoms with Gasteiger partial charge in [-0.05, 0) is 52.2 Å². The molecule has 0 saturated heterocycles. The molecule has 0 aliphatic heterocycles. The number of phenols is 1. The number of allylic oxidation sites excluding steroid dienone is 2. The van der Waals surface area contributed by atoms with Crippen LogP contribution in [0.3, 0.4) is 0 Å². The van der Waals surface area contributed by atoms with E-state index in [0.29, 0.717) is 5.75 Å². The maximum absolute atomic E-state index is 10.1. The van der Waals surface area contributed by atoms with Crippen molar-refractivity contribution in [3.63, 3.8) is 0 Å². The van der Waals surface area contributed by atoms with Gasteiger partial charge in [-0.15, -0.1) is 0 Å². The summed E-state index contributed by atoms with van der Waals surface area (Å²) in [6.07, 6.45) is 5.83. The smallest absolute Gasteiger partial charge is 0.127 e. The molecule has 0 amide bonds. The number of phenolic OH excluding ortho intramolecular Hbond substituents is 1. The van der Waals surface area contributed by atoms with Crippen LogP contribution >= 0.6 is 0 Å². The zero-order chi connectivity index (χ0) is 13.1. The molecule has 0 heterocycles. The summed E-state index contributed by atoms with van der Waals surface area (Å²) in [4.78, 5) is 0. The third kappa shape index (κ3) is 2.87. The molecule has 1 unspecified atom stereocenters. The van der Waals surface area contributed by atoms with E-state index in [1.807, 2.05) is 26.0 Å². The van der Waals surface area contributed by atoms with Crippen molar-refractivity contribution < 1.29 is 9.84 Å². The maximum Gasteiger partial charge on any atom is 0.127 e. The van der Waals surface area contributed by atoms with Gasteiger partial charge in [0.1, 0.15) is 11.5 Å². The normalized spacial score (nSPS) is 19.8. The topological polar surface area (TPSA) is 29.5 Å². The average molecular weight is 246 g/mol. The van der Waals surface area contributed by atoms with Gasteiger partial charge >= 0.3 is 0 Å². The number of aromatic hydroxyl groups is 1. The second-order valence-corrected chi connectivity index (χ2v) is 5.37. The molecule has 0 radical (unpaired) electrons. The predicted octanol–water partition coefficient (Wildman–Crippen LogP) is 4.39. The Bertz CT molecular complexity index is 446. The highest BCUT2D eigenvalue weighted by Crippen LogP contribution is 2.41. The third-order valence-electron chi connectivity index (χ3n) is 3.35. The Morgan fingerprint density at radius 3 is 2.78 bits per heavy atom. The van der Waals surface area contributed by atoms with Crippen LogP contribution in [-0.4, -0.2) is 11.2 Å². The zero-order valence-electron chi connectivity index (χ0n) is 11.4. The summed E-state index contributed by atoms with van der Waals surface area (Å²) in [6, 6.07) is 5.54. The van der Waals surface area contributed by atoms with Crippen LogP contribution in [0.2, 0.25) is 0 Å². The number of ether oxygens (including phenoxy) is 1. The maximum atomic E-state index is 10.1. The van der Waals surface area contributed by atoms with E-state index in [9.17, 15) is 5.11 Å². The predicted molar refractivity (Wildman–Crippen MR) is 74.2 cm³/mol. The van der Waals surface area contributed by atoms with Gasteiger partial charge in [0.25, 0.3) is 0 Å². The molecule has 18 heavy (non-hydrogen) atoms. The molecule has 0 bridgehead atoms. The molecule has 1 aliphatic carbocycles. The molecular weight excluding hydrogens is 224 g/mol. The SMILES string of the molecule is CC1=CC(c2c(O)cccc2OC(C)C)CCC1. The van der Waals surface area contributed by atoms with E-state index in [-0.39, 0.29) is 12.0 Å². The van der Waals surface area contributed by atoms with Crippen molar-refractivity contribution in [2.75, 3.05) is 0 Å². The molecule has 98 valence electrons. The van der Waals surface area contributed by atoms with Gasteiger partial charge in [0.2, 0.25) is 0 Å². The van der Waals surface area contributed by atoms with E-state index in [2.05, 4.69) is 13.0 Å². The Labute approximate surface area is 109 Å². The number of benzene rings is 1. The summed E-state index contributed by atoms with van der Waals surface area (Å²) < 4.78 is 5.83. The van der Waals surface area contributed by atoms with E-state index >= 15 is 0 Å². The van der Waals surface area contributed by atoms with Crippen molar-refractivity contribution in [2.45, 2.75) is 52.1 Å². The van der Waals surface area contributed by atoms with E-state index in [1.54, 1.807) is 6.07 Å². The summed E-state index contributed by atoms with van der Waals surface area (Å²) >= 11 is 0. The molecule has 2 heteroatoms. The van der Waals surface area contributed by atoms with Gasteiger partial charge < -0.3 is 9.84 Å². The van der Waals surface area contributed by atoms with Crippen LogP contribution in [0.4, 0.5) is 0 Å². The number of rotatable bonds is 3. The van der Waals surface area contributed by atoms with Crippen LogP contribution in [0, 0.1) is 0 Å². The zero-order valence-corrected chi connectivity index (χ0v) is 11.4. The van der Waals surface area contributed by atoms with Crippen LogP contribution in [0.1, 0.15) is 51.5 Å². The van der Waals surface area contributed by atoms with Crippen molar-refractivity contribution in [3.05, 3.63) is 35.4 Å².